The molecule has 0 atom stereocenters. The molecule has 1 amide bonds. The van der Waals surface area contributed by atoms with Gasteiger partial charge in [0.15, 0.2) is 0 Å². The Kier molecular flexibility index (Phi) is 6.57. The lowest BCUT2D eigenvalue weighted by Crippen LogP contribution is -2.28. The Morgan fingerprint density at radius 3 is 2.50 bits per heavy atom. The van der Waals surface area contributed by atoms with E-state index in [0.29, 0.717) is 16.3 Å². The Morgan fingerprint density at radius 1 is 1.07 bits per heavy atom. The molecule has 11 heteroatoms. The zero-order valence-corrected chi connectivity index (χ0v) is 16.7. The molecule has 8 nitrogen and oxygen atoms in total. The van der Waals surface area contributed by atoms with E-state index in [0.717, 1.165) is 11.3 Å². The highest BCUT2D eigenvalue weighted by atomic mass is 35.5. The zero-order valence-electron chi connectivity index (χ0n) is 14.3. The number of carbonyl (C=O) groups is 1. The molecule has 0 saturated carbocycles. The van der Waals surface area contributed by atoms with Crippen LogP contribution in [-0.4, -0.2) is 37.7 Å². The van der Waals surface area contributed by atoms with Crippen LogP contribution in [0.25, 0.3) is 0 Å². The van der Waals surface area contributed by atoms with Crippen LogP contribution in [0.4, 0.5) is 5.13 Å². The third-order valence-electron chi connectivity index (χ3n) is 3.37. The highest BCUT2D eigenvalue weighted by Crippen LogP contribution is 2.20. The van der Waals surface area contributed by atoms with Gasteiger partial charge in [0.05, 0.1) is 0 Å². The van der Waals surface area contributed by atoms with E-state index in [1.54, 1.807) is 36.4 Å². The Morgan fingerprint density at radius 2 is 1.79 bits per heavy atom. The van der Waals surface area contributed by atoms with Crippen molar-refractivity contribution in [1.29, 1.82) is 0 Å². The van der Waals surface area contributed by atoms with E-state index in [9.17, 15) is 13.2 Å². The first-order valence-corrected chi connectivity index (χ1v) is 10.7. The van der Waals surface area contributed by atoms with Crippen LogP contribution in [0.3, 0.4) is 0 Å². The number of benzene rings is 2. The molecule has 2 N–H and O–H groups in total. The Hall–Kier alpha value is -2.53. The fraction of sp³-hybridized carbons (Fsp3) is 0.118. The number of carbonyl (C=O) groups excluding carboxylic acids is 1. The number of hydrogen-bond donors (Lipinski definition) is 2. The van der Waals surface area contributed by atoms with E-state index in [1.165, 1.54) is 0 Å². The Balaban J connectivity index is 1.54. The lowest BCUT2D eigenvalue weighted by atomic mass is 10.2. The van der Waals surface area contributed by atoms with E-state index in [-0.39, 0.29) is 22.6 Å². The highest BCUT2D eigenvalue weighted by Gasteiger charge is 2.20. The average molecular weight is 439 g/mol. The van der Waals surface area contributed by atoms with Gasteiger partial charge >= 0.3 is 0 Å². The van der Waals surface area contributed by atoms with Crippen LogP contribution in [-0.2, 0) is 10.0 Å². The van der Waals surface area contributed by atoms with Crippen LogP contribution in [0.5, 0.6) is 5.75 Å². The molecular weight excluding hydrogens is 424 g/mol. The fourth-order valence-corrected chi connectivity index (χ4v) is 4.14. The van der Waals surface area contributed by atoms with Crippen LogP contribution < -0.4 is 14.8 Å². The van der Waals surface area contributed by atoms with Gasteiger partial charge in [-0.3, -0.25) is 10.1 Å². The molecule has 2 aromatic carbocycles. The second-order valence-electron chi connectivity index (χ2n) is 5.39. The fourth-order valence-electron chi connectivity index (χ4n) is 2.06. The van der Waals surface area contributed by atoms with Crippen molar-refractivity contribution in [2.24, 2.45) is 0 Å². The van der Waals surface area contributed by atoms with Crippen LogP contribution >= 0.6 is 22.9 Å². The minimum absolute atomic E-state index is 0.0588. The molecule has 0 saturated heterocycles. The number of anilines is 1. The minimum atomic E-state index is -3.85. The number of ether oxygens (including phenoxy) is 1. The van der Waals surface area contributed by atoms with Crippen molar-refractivity contribution in [2.45, 2.75) is 4.34 Å². The number of nitrogens with one attached hydrogen (secondary N) is 2. The number of para-hydroxylation sites is 1. The van der Waals surface area contributed by atoms with Crippen LogP contribution in [0.2, 0.25) is 5.02 Å². The lowest BCUT2D eigenvalue weighted by Gasteiger charge is -2.06. The van der Waals surface area contributed by atoms with Crippen molar-refractivity contribution < 1.29 is 17.9 Å². The standard InChI is InChI=1S/C17H15ClN4O4S2/c18-13-8-6-12(7-9-13)15(23)20-16-21-22-17(27-16)28(24,25)19-10-11-26-14-4-2-1-3-5-14/h1-9,19H,10-11H2,(H,20,21,23). The van der Waals surface area contributed by atoms with Gasteiger partial charge < -0.3 is 4.74 Å². The molecule has 28 heavy (non-hydrogen) atoms. The molecule has 3 aromatic rings. The van der Waals surface area contributed by atoms with Crippen LogP contribution in [0.1, 0.15) is 10.4 Å². The Bertz CT molecular complexity index is 1040. The summed E-state index contributed by atoms with van der Waals surface area (Å²) < 4.78 is 32.1. The predicted molar refractivity (Wildman–Crippen MR) is 106 cm³/mol. The van der Waals surface area contributed by atoms with Gasteiger partial charge in [-0.15, -0.1) is 10.2 Å². The summed E-state index contributed by atoms with van der Waals surface area (Å²) in [6, 6.07) is 15.3. The molecule has 0 unspecified atom stereocenters. The summed E-state index contributed by atoms with van der Waals surface area (Å²) in [6.07, 6.45) is 0. The van der Waals surface area contributed by atoms with E-state index in [4.69, 9.17) is 16.3 Å². The van der Waals surface area contributed by atoms with E-state index >= 15 is 0 Å². The summed E-state index contributed by atoms with van der Waals surface area (Å²) in [5, 5.41) is 10.4. The van der Waals surface area contributed by atoms with Crippen molar-refractivity contribution in [1.82, 2.24) is 14.9 Å². The zero-order chi connectivity index (χ0) is 20.0. The lowest BCUT2D eigenvalue weighted by molar-refractivity contribution is 0.102. The third kappa shape index (κ3) is 5.49. The molecule has 0 spiro atoms. The van der Waals surface area contributed by atoms with Crippen molar-refractivity contribution >= 4 is 44.0 Å². The Labute approximate surface area is 170 Å². The average Bonchev–Trinajstić information content (AvgIpc) is 3.16. The van der Waals surface area contributed by atoms with Gasteiger partial charge in [0.25, 0.3) is 15.9 Å². The summed E-state index contributed by atoms with van der Waals surface area (Å²) in [6.45, 7) is 0.214. The van der Waals surface area contributed by atoms with Gasteiger partial charge in [-0.05, 0) is 36.4 Å². The van der Waals surface area contributed by atoms with Crippen molar-refractivity contribution in [3.05, 3.63) is 65.2 Å². The van der Waals surface area contributed by atoms with Gasteiger partial charge in [-0.25, -0.2) is 13.1 Å². The molecule has 3 rings (SSSR count). The van der Waals surface area contributed by atoms with Crippen molar-refractivity contribution in [3.8, 4) is 5.75 Å². The molecule has 0 aliphatic rings. The first-order chi connectivity index (χ1) is 13.4. The number of hydrogen-bond acceptors (Lipinski definition) is 7. The summed E-state index contributed by atoms with van der Waals surface area (Å²) in [5.41, 5.74) is 0.361. The molecular formula is C17H15ClN4O4S2. The first-order valence-electron chi connectivity index (χ1n) is 8.02. The SMILES string of the molecule is O=C(Nc1nnc(S(=O)(=O)NCCOc2ccccc2)s1)c1ccc(Cl)cc1. The van der Waals surface area contributed by atoms with Gasteiger partial charge in [-0.2, -0.15) is 0 Å². The first kappa shape index (κ1) is 20.2. The summed E-state index contributed by atoms with van der Waals surface area (Å²) in [4.78, 5) is 12.1. The maximum Gasteiger partial charge on any atom is 0.269 e. The number of rotatable bonds is 8. The largest absolute Gasteiger partial charge is 0.492 e. The van der Waals surface area contributed by atoms with Gasteiger partial charge in [0.2, 0.25) is 9.47 Å². The number of sulfonamides is 1. The molecule has 1 heterocycles. The smallest absolute Gasteiger partial charge is 0.269 e. The maximum atomic E-state index is 12.3. The van der Waals surface area contributed by atoms with Crippen LogP contribution in [0.15, 0.2) is 58.9 Å². The van der Waals surface area contributed by atoms with E-state index < -0.39 is 15.9 Å². The van der Waals surface area contributed by atoms with E-state index in [2.05, 4.69) is 20.2 Å². The van der Waals surface area contributed by atoms with Gasteiger partial charge in [0.1, 0.15) is 12.4 Å². The number of aromatic nitrogens is 2. The van der Waals surface area contributed by atoms with E-state index in [1.807, 2.05) is 18.2 Å². The second-order valence-corrected chi connectivity index (χ2v) is 8.75. The maximum absolute atomic E-state index is 12.3. The number of amides is 1. The molecule has 1 aromatic heterocycles. The highest BCUT2D eigenvalue weighted by molar-refractivity contribution is 7.91. The van der Waals surface area contributed by atoms with Gasteiger partial charge in [0, 0.05) is 17.1 Å². The topological polar surface area (TPSA) is 110 Å². The monoisotopic (exact) mass is 438 g/mol. The third-order valence-corrected chi connectivity index (χ3v) is 6.29. The second kappa shape index (κ2) is 9.11. The molecule has 0 aliphatic heterocycles. The van der Waals surface area contributed by atoms with Crippen molar-refractivity contribution in [2.75, 3.05) is 18.5 Å². The minimum Gasteiger partial charge on any atom is -0.492 e. The molecule has 0 aliphatic carbocycles. The summed E-state index contributed by atoms with van der Waals surface area (Å²) in [5.74, 6) is 0.200. The molecule has 0 bridgehead atoms. The van der Waals surface area contributed by atoms with Crippen molar-refractivity contribution in [3.63, 3.8) is 0 Å². The summed E-state index contributed by atoms with van der Waals surface area (Å²) >= 11 is 6.53. The quantitative estimate of drug-likeness (QED) is 0.413. The van der Waals surface area contributed by atoms with Gasteiger partial charge in [-0.1, -0.05) is 41.1 Å². The van der Waals surface area contributed by atoms with Crippen LogP contribution in [0, 0.1) is 0 Å². The molecule has 0 radical (unpaired) electrons. The number of nitrogens with zero attached hydrogens (tertiary/aromatic N) is 2. The summed E-state index contributed by atoms with van der Waals surface area (Å²) in [7, 11) is -3.85. The predicted octanol–water partition coefficient (Wildman–Crippen LogP) is 2.80. The number of halogens is 1. The normalized spacial score (nSPS) is 11.2. The molecule has 146 valence electrons. The molecule has 0 fully saturated rings.